The number of nitrogens with zero attached hydrogens (tertiary/aromatic N) is 3. The molecule has 36 heavy (non-hydrogen) atoms. The molecule has 0 unspecified atom stereocenters. The summed E-state index contributed by atoms with van der Waals surface area (Å²) in [6.07, 6.45) is 6.50. The predicted octanol–water partition coefficient (Wildman–Crippen LogP) is 2.78. The van der Waals surface area contributed by atoms with Gasteiger partial charge in [0.05, 0.1) is 24.0 Å². The first kappa shape index (κ1) is 23.5. The van der Waals surface area contributed by atoms with Gasteiger partial charge in [0.15, 0.2) is 11.5 Å². The first-order valence-electron chi connectivity index (χ1n) is 12.0. The van der Waals surface area contributed by atoms with Gasteiger partial charge < -0.3 is 21.5 Å². The first-order valence-corrected chi connectivity index (χ1v) is 12.0. The molecule has 184 valence electrons. The van der Waals surface area contributed by atoms with Crippen LogP contribution in [0.3, 0.4) is 0 Å². The second kappa shape index (κ2) is 10.2. The van der Waals surface area contributed by atoms with E-state index < -0.39 is 5.91 Å². The smallest absolute Gasteiger partial charge is 0.251 e. The lowest BCUT2D eigenvalue weighted by atomic mass is 10.1. The number of anilines is 1. The maximum absolute atomic E-state index is 12.4. The highest BCUT2D eigenvalue weighted by atomic mass is 16.3. The van der Waals surface area contributed by atoms with Gasteiger partial charge in [-0.1, -0.05) is 30.3 Å². The van der Waals surface area contributed by atoms with Crippen LogP contribution in [0.5, 0.6) is 0 Å². The maximum Gasteiger partial charge on any atom is 0.251 e. The predicted molar refractivity (Wildman–Crippen MR) is 137 cm³/mol. The van der Waals surface area contributed by atoms with Crippen molar-refractivity contribution in [3.63, 3.8) is 0 Å². The molecule has 0 radical (unpaired) electrons. The third-order valence-electron chi connectivity index (χ3n) is 6.08. The Balaban J connectivity index is 1.53. The molecule has 1 saturated carbocycles. The molecule has 5 rings (SSSR count). The summed E-state index contributed by atoms with van der Waals surface area (Å²) < 4.78 is 1.96. The first-order chi connectivity index (χ1) is 17.5. The molecular formula is C27H28N6O3. The van der Waals surface area contributed by atoms with Crippen LogP contribution >= 0.6 is 0 Å². The zero-order chi connectivity index (χ0) is 25.1. The highest BCUT2D eigenvalue weighted by Gasteiger charge is 2.23. The van der Waals surface area contributed by atoms with Crippen molar-refractivity contribution < 1.29 is 14.7 Å². The number of aromatic nitrogens is 3. The van der Waals surface area contributed by atoms with Crippen LogP contribution in [0.1, 0.15) is 35.2 Å². The van der Waals surface area contributed by atoms with E-state index in [1.165, 1.54) is 0 Å². The fraction of sp³-hybridized carbons (Fsp3) is 0.259. The van der Waals surface area contributed by atoms with Gasteiger partial charge in [-0.3, -0.25) is 14.0 Å². The average molecular weight is 485 g/mol. The van der Waals surface area contributed by atoms with Gasteiger partial charge in [-0.25, -0.2) is 9.97 Å². The number of fused-ring (bicyclic) bond motifs is 1. The summed E-state index contributed by atoms with van der Waals surface area (Å²) in [5, 5.41) is 15.5. The number of hydrogen-bond acceptors (Lipinski definition) is 6. The SMILES string of the molecule is NC(=O)Cc1cccc(-c2cn3c(-c4ccc(C(=O)NC5CC5)cc4)cnc3c(NCCCO)n2)c1. The number of aliphatic hydroxyl groups is 1. The highest BCUT2D eigenvalue weighted by molar-refractivity contribution is 5.95. The van der Waals surface area contributed by atoms with E-state index in [4.69, 9.17) is 10.7 Å². The van der Waals surface area contributed by atoms with Crippen LogP contribution in [-0.2, 0) is 11.2 Å². The van der Waals surface area contributed by atoms with Crippen molar-refractivity contribution >= 4 is 23.3 Å². The summed E-state index contributed by atoms with van der Waals surface area (Å²) in [7, 11) is 0. The van der Waals surface area contributed by atoms with Gasteiger partial charge in [-0.15, -0.1) is 0 Å². The summed E-state index contributed by atoms with van der Waals surface area (Å²) in [5.41, 5.74) is 10.8. The standard InChI is InChI=1S/C27H28N6O3/c28-24(35)14-17-3-1-4-20(13-17)22-16-33-23(15-30-26(33)25(32-22)29-11-2-12-34)18-5-7-19(8-6-18)27(36)31-21-9-10-21/h1,3-8,13,15-16,21,34H,2,9-12,14H2,(H2,28,35)(H,29,32)(H,31,36). The van der Waals surface area contributed by atoms with Gasteiger partial charge >= 0.3 is 0 Å². The molecule has 2 aromatic heterocycles. The molecule has 1 aliphatic rings. The van der Waals surface area contributed by atoms with Crippen molar-refractivity contribution in [1.29, 1.82) is 0 Å². The van der Waals surface area contributed by atoms with Crippen LogP contribution in [0.2, 0.25) is 0 Å². The monoisotopic (exact) mass is 484 g/mol. The molecule has 9 heteroatoms. The molecule has 0 spiro atoms. The topological polar surface area (TPSA) is 135 Å². The Hall–Kier alpha value is -4.24. The van der Waals surface area contributed by atoms with E-state index >= 15 is 0 Å². The lowest BCUT2D eigenvalue weighted by molar-refractivity contribution is -0.117. The molecule has 0 bridgehead atoms. The molecule has 2 heterocycles. The number of imidazole rings is 1. The summed E-state index contributed by atoms with van der Waals surface area (Å²) in [5.74, 6) is 0.140. The van der Waals surface area contributed by atoms with Crippen LogP contribution in [-0.4, -0.2) is 50.5 Å². The minimum absolute atomic E-state index is 0.0557. The third kappa shape index (κ3) is 5.21. The summed E-state index contributed by atoms with van der Waals surface area (Å²) >= 11 is 0. The van der Waals surface area contributed by atoms with Crippen LogP contribution in [0.4, 0.5) is 5.82 Å². The number of primary amides is 1. The Morgan fingerprint density at radius 1 is 1.11 bits per heavy atom. The molecule has 0 aliphatic heterocycles. The van der Waals surface area contributed by atoms with E-state index in [1.807, 2.05) is 59.1 Å². The van der Waals surface area contributed by atoms with Crippen molar-refractivity contribution in [2.24, 2.45) is 5.73 Å². The number of carbonyl (C=O) groups excluding carboxylic acids is 2. The lowest BCUT2D eigenvalue weighted by Crippen LogP contribution is -2.25. The second-order valence-electron chi connectivity index (χ2n) is 8.98. The number of nitrogens with two attached hydrogens (primary N) is 1. The lowest BCUT2D eigenvalue weighted by Gasteiger charge is -2.12. The minimum Gasteiger partial charge on any atom is -0.396 e. The quantitative estimate of drug-likeness (QED) is 0.256. The van der Waals surface area contributed by atoms with Gasteiger partial charge in [0.1, 0.15) is 0 Å². The van der Waals surface area contributed by atoms with E-state index in [-0.39, 0.29) is 18.9 Å². The Labute approximate surface area is 208 Å². The van der Waals surface area contributed by atoms with Crippen molar-refractivity contribution in [3.05, 3.63) is 72.1 Å². The van der Waals surface area contributed by atoms with Gasteiger partial charge in [0.2, 0.25) is 5.91 Å². The Bertz CT molecular complexity index is 1410. The van der Waals surface area contributed by atoms with E-state index in [0.29, 0.717) is 41.7 Å². The number of aliphatic hydroxyl groups excluding tert-OH is 1. The minimum atomic E-state index is -0.395. The normalized spacial score (nSPS) is 13.0. The van der Waals surface area contributed by atoms with Crippen LogP contribution < -0.4 is 16.4 Å². The van der Waals surface area contributed by atoms with Crippen molar-refractivity contribution in [2.45, 2.75) is 31.7 Å². The van der Waals surface area contributed by atoms with E-state index in [0.717, 1.165) is 35.2 Å². The van der Waals surface area contributed by atoms with Crippen molar-refractivity contribution in [1.82, 2.24) is 19.7 Å². The summed E-state index contributed by atoms with van der Waals surface area (Å²) in [6.45, 7) is 0.607. The fourth-order valence-electron chi connectivity index (χ4n) is 4.08. The number of amides is 2. The van der Waals surface area contributed by atoms with E-state index in [9.17, 15) is 14.7 Å². The number of carbonyl (C=O) groups is 2. The molecule has 5 N–H and O–H groups in total. The zero-order valence-electron chi connectivity index (χ0n) is 19.8. The van der Waals surface area contributed by atoms with Gasteiger partial charge in [-0.2, -0.15) is 0 Å². The summed E-state index contributed by atoms with van der Waals surface area (Å²) in [6, 6.07) is 15.3. The molecule has 0 saturated heterocycles. The van der Waals surface area contributed by atoms with Crippen LogP contribution in [0, 0.1) is 0 Å². The molecule has 2 aromatic carbocycles. The third-order valence-corrected chi connectivity index (χ3v) is 6.08. The Morgan fingerprint density at radius 3 is 2.64 bits per heavy atom. The Kier molecular flexibility index (Phi) is 6.64. The molecule has 1 fully saturated rings. The fourth-order valence-corrected chi connectivity index (χ4v) is 4.08. The van der Waals surface area contributed by atoms with Crippen molar-refractivity contribution in [3.8, 4) is 22.5 Å². The molecular weight excluding hydrogens is 456 g/mol. The van der Waals surface area contributed by atoms with Crippen molar-refractivity contribution in [2.75, 3.05) is 18.5 Å². The van der Waals surface area contributed by atoms with E-state index in [2.05, 4.69) is 15.6 Å². The number of rotatable bonds is 10. The number of nitrogens with one attached hydrogen (secondary N) is 2. The van der Waals surface area contributed by atoms with Crippen LogP contribution in [0.25, 0.3) is 28.2 Å². The molecule has 4 aromatic rings. The van der Waals surface area contributed by atoms with Gasteiger partial charge in [-0.05, 0) is 43.0 Å². The molecule has 0 atom stereocenters. The van der Waals surface area contributed by atoms with E-state index in [1.54, 1.807) is 6.20 Å². The highest BCUT2D eigenvalue weighted by Crippen LogP contribution is 2.28. The second-order valence-corrected chi connectivity index (χ2v) is 8.98. The molecule has 9 nitrogen and oxygen atoms in total. The average Bonchev–Trinajstić information content (AvgIpc) is 3.58. The molecule has 2 amide bonds. The molecule has 1 aliphatic carbocycles. The zero-order valence-corrected chi connectivity index (χ0v) is 19.8. The number of hydrogen-bond donors (Lipinski definition) is 4. The maximum atomic E-state index is 12.4. The number of benzene rings is 2. The van der Waals surface area contributed by atoms with Crippen LogP contribution in [0.15, 0.2) is 60.9 Å². The Morgan fingerprint density at radius 2 is 1.92 bits per heavy atom. The summed E-state index contributed by atoms with van der Waals surface area (Å²) in [4.78, 5) is 33.2. The van der Waals surface area contributed by atoms with Gasteiger partial charge in [0, 0.05) is 42.1 Å². The van der Waals surface area contributed by atoms with Gasteiger partial charge in [0.25, 0.3) is 5.91 Å². The largest absolute Gasteiger partial charge is 0.396 e.